The highest BCUT2D eigenvalue weighted by molar-refractivity contribution is 5.93. The van der Waals surface area contributed by atoms with Crippen LogP contribution in [-0.2, 0) is 18.4 Å². The number of hydrogen-bond donors (Lipinski definition) is 1. The molecule has 1 saturated heterocycles. The highest BCUT2D eigenvalue weighted by Gasteiger charge is 2.29. The number of halogens is 1. The molecule has 1 N–H and O–H groups in total. The summed E-state index contributed by atoms with van der Waals surface area (Å²) in [4.78, 5) is 15.3. The molecular formula is C25H28FN5O. The van der Waals surface area contributed by atoms with Gasteiger partial charge in [0.05, 0.1) is 18.2 Å². The van der Waals surface area contributed by atoms with E-state index in [1.807, 2.05) is 37.7 Å². The Bertz CT molecular complexity index is 1170. The van der Waals surface area contributed by atoms with Gasteiger partial charge in [0.1, 0.15) is 17.7 Å². The van der Waals surface area contributed by atoms with E-state index in [1.165, 1.54) is 17.8 Å². The van der Waals surface area contributed by atoms with Crippen molar-refractivity contribution in [1.82, 2.24) is 14.0 Å². The number of aromatic nitrogens is 2. The van der Waals surface area contributed by atoms with Crippen LogP contribution in [0.15, 0.2) is 42.6 Å². The average molecular weight is 434 g/mol. The van der Waals surface area contributed by atoms with Gasteiger partial charge >= 0.3 is 0 Å². The maximum Gasteiger partial charge on any atom is 0.239 e. The predicted octanol–water partition coefficient (Wildman–Crippen LogP) is 4.28. The Hall–Kier alpha value is -3.37. The molecule has 3 heterocycles. The standard InChI is InChI=1S/C25H28FN5O/c1-17-18(2)31(15-19-8-10-20(26)11-9-19)25(21(17)14-27)28-24(32)16-30-13-5-7-23(30)22-6-4-12-29(22)3/h4,6,8-12,23H,5,7,13,15-16H2,1-3H3,(H,28,32). The average Bonchev–Trinajstić information content (AvgIpc) is 3.45. The molecule has 1 unspecified atom stereocenters. The largest absolute Gasteiger partial charge is 0.353 e. The zero-order valence-corrected chi connectivity index (χ0v) is 18.7. The van der Waals surface area contributed by atoms with E-state index in [4.69, 9.17) is 0 Å². The summed E-state index contributed by atoms with van der Waals surface area (Å²) in [6.07, 6.45) is 4.10. The minimum absolute atomic E-state index is 0.138. The summed E-state index contributed by atoms with van der Waals surface area (Å²) in [7, 11) is 2.03. The molecule has 2 aromatic heterocycles. The molecule has 0 aliphatic carbocycles. The SMILES string of the molecule is Cc1c(C#N)c(NC(=O)CN2CCCC2c2cccn2C)n(Cc2ccc(F)cc2)c1C. The van der Waals surface area contributed by atoms with Crippen molar-refractivity contribution in [1.29, 1.82) is 5.26 Å². The summed E-state index contributed by atoms with van der Waals surface area (Å²) < 4.78 is 17.4. The Morgan fingerprint density at radius 3 is 2.66 bits per heavy atom. The summed E-state index contributed by atoms with van der Waals surface area (Å²) >= 11 is 0. The molecule has 1 aliphatic heterocycles. The van der Waals surface area contributed by atoms with Crippen molar-refractivity contribution in [3.63, 3.8) is 0 Å². The van der Waals surface area contributed by atoms with Gasteiger partial charge in [-0.15, -0.1) is 0 Å². The second kappa shape index (κ2) is 9.01. The summed E-state index contributed by atoms with van der Waals surface area (Å²) in [6, 6.07) is 12.9. The van der Waals surface area contributed by atoms with Crippen LogP contribution in [0.25, 0.3) is 0 Å². The van der Waals surface area contributed by atoms with Crippen molar-refractivity contribution in [2.24, 2.45) is 7.05 Å². The van der Waals surface area contributed by atoms with Gasteiger partial charge < -0.3 is 14.5 Å². The number of rotatable bonds is 6. The number of aryl methyl sites for hydroxylation is 1. The van der Waals surface area contributed by atoms with Crippen LogP contribution in [-0.4, -0.2) is 33.0 Å². The highest BCUT2D eigenvalue weighted by Crippen LogP contribution is 2.32. The number of carbonyl (C=O) groups excluding carboxylic acids is 1. The number of hydrogen-bond acceptors (Lipinski definition) is 3. The van der Waals surface area contributed by atoms with Gasteiger partial charge in [-0.1, -0.05) is 12.1 Å². The van der Waals surface area contributed by atoms with Crippen molar-refractivity contribution in [2.45, 2.75) is 39.3 Å². The smallest absolute Gasteiger partial charge is 0.239 e. The van der Waals surface area contributed by atoms with Gasteiger partial charge in [0.15, 0.2) is 0 Å². The minimum atomic E-state index is -0.293. The Kier molecular flexibility index (Phi) is 6.15. The molecule has 1 aromatic carbocycles. The number of nitriles is 1. The zero-order valence-electron chi connectivity index (χ0n) is 18.7. The van der Waals surface area contributed by atoms with Gasteiger partial charge in [-0.05, 0) is 68.6 Å². The van der Waals surface area contributed by atoms with Crippen LogP contribution in [0.5, 0.6) is 0 Å². The third-order valence-corrected chi connectivity index (χ3v) is 6.49. The monoisotopic (exact) mass is 433 g/mol. The third kappa shape index (κ3) is 4.19. The van der Waals surface area contributed by atoms with Crippen LogP contribution in [0.1, 0.15) is 47.0 Å². The number of likely N-dealkylation sites (tertiary alicyclic amines) is 1. The fourth-order valence-corrected chi connectivity index (χ4v) is 4.63. The van der Waals surface area contributed by atoms with E-state index in [2.05, 4.69) is 26.9 Å². The summed E-state index contributed by atoms with van der Waals surface area (Å²) in [5.41, 5.74) is 4.32. The second-order valence-corrected chi connectivity index (χ2v) is 8.48. The van der Waals surface area contributed by atoms with Crippen LogP contribution in [0, 0.1) is 31.0 Å². The molecule has 166 valence electrons. The van der Waals surface area contributed by atoms with Crippen molar-refractivity contribution < 1.29 is 9.18 Å². The summed E-state index contributed by atoms with van der Waals surface area (Å²) in [5.74, 6) is 0.0747. The Morgan fingerprint density at radius 2 is 2.00 bits per heavy atom. The first-order chi connectivity index (χ1) is 15.4. The third-order valence-electron chi connectivity index (χ3n) is 6.49. The lowest BCUT2D eigenvalue weighted by atomic mass is 10.1. The van der Waals surface area contributed by atoms with Crippen LogP contribution in [0.2, 0.25) is 0 Å². The molecule has 1 atom stereocenters. The number of anilines is 1. The van der Waals surface area contributed by atoms with Gasteiger partial charge in [-0.2, -0.15) is 5.26 Å². The molecule has 0 bridgehead atoms. The molecule has 0 saturated carbocycles. The van der Waals surface area contributed by atoms with E-state index in [0.717, 1.165) is 36.2 Å². The first kappa shape index (κ1) is 21.8. The Balaban J connectivity index is 1.56. The fraction of sp³-hybridized carbons (Fsp3) is 0.360. The number of benzene rings is 1. The van der Waals surface area contributed by atoms with Crippen LogP contribution < -0.4 is 5.32 Å². The van der Waals surface area contributed by atoms with Crippen molar-refractivity contribution in [2.75, 3.05) is 18.4 Å². The normalized spacial score (nSPS) is 16.3. The van der Waals surface area contributed by atoms with Gasteiger partial charge in [0, 0.05) is 31.2 Å². The first-order valence-electron chi connectivity index (χ1n) is 10.9. The van der Waals surface area contributed by atoms with Crippen LogP contribution in [0.4, 0.5) is 10.2 Å². The second-order valence-electron chi connectivity index (χ2n) is 8.48. The molecule has 1 aliphatic rings. The lowest BCUT2D eigenvalue weighted by Gasteiger charge is -2.24. The number of nitrogens with one attached hydrogen (secondary N) is 1. The molecule has 1 amide bonds. The van der Waals surface area contributed by atoms with E-state index in [0.29, 0.717) is 17.9 Å². The lowest BCUT2D eigenvalue weighted by Crippen LogP contribution is -2.34. The van der Waals surface area contributed by atoms with Gasteiger partial charge in [0.2, 0.25) is 5.91 Å². The molecule has 7 heteroatoms. The molecule has 6 nitrogen and oxygen atoms in total. The molecule has 32 heavy (non-hydrogen) atoms. The molecular weight excluding hydrogens is 405 g/mol. The van der Waals surface area contributed by atoms with Crippen LogP contribution in [0.3, 0.4) is 0 Å². The zero-order chi connectivity index (χ0) is 22.8. The predicted molar refractivity (Wildman–Crippen MR) is 122 cm³/mol. The lowest BCUT2D eigenvalue weighted by molar-refractivity contribution is -0.117. The number of amides is 1. The molecule has 4 rings (SSSR count). The van der Waals surface area contributed by atoms with Gasteiger partial charge in [-0.25, -0.2) is 4.39 Å². The van der Waals surface area contributed by atoms with Crippen LogP contribution >= 0.6 is 0 Å². The molecule has 0 spiro atoms. The molecule has 1 fully saturated rings. The maximum atomic E-state index is 13.3. The van der Waals surface area contributed by atoms with Gasteiger partial charge in [0.25, 0.3) is 0 Å². The van der Waals surface area contributed by atoms with E-state index in [1.54, 1.807) is 12.1 Å². The Labute approximate surface area is 187 Å². The minimum Gasteiger partial charge on any atom is -0.353 e. The molecule has 0 radical (unpaired) electrons. The summed E-state index contributed by atoms with van der Waals surface area (Å²) in [5, 5.41) is 12.8. The molecule has 3 aromatic rings. The van der Waals surface area contributed by atoms with Crippen molar-refractivity contribution in [3.05, 3.63) is 76.5 Å². The quantitative estimate of drug-likeness (QED) is 0.631. The first-order valence-corrected chi connectivity index (χ1v) is 10.9. The highest BCUT2D eigenvalue weighted by atomic mass is 19.1. The van der Waals surface area contributed by atoms with Crippen molar-refractivity contribution in [3.8, 4) is 6.07 Å². The maximum absolute atomic E-state index is 13.3. The van der Waals surface area contributed by atoms with Gasteiger partial charge in [-0.3, -0.25) is 9.69 Å². The fourth-order valence-electron chi connectivity index (χ4n) is 4.63. The number of nitrogens with zero attached hydrogens (tertiary/aromatic N) is 4. The topological polar surface area (TPSA) is 66.0 Å². The summed E-state index contributed by atoms with van der Waals surface area (Å²) in [6.45, 7) is 5.39. The number of carbonyl (C=O) groups is 1. The Morgan fingerprint density at radius 1 is 1.25 bits per heavy atom. The van der Waals surface area contributed by atoms with Crippen molar-refractivity contribution >= 4 is 11.7 Å². The van der Waals surface area contributed by atoms with E-state index >= 15 is 0 Å². The van der Waals surface area contributed by atoms with E-state index in [9.17, 15) is 14.4 Å². The van der Waals surface area contributed by atoms with E-state index in [-0.39, 0.29) is 24.3 Å². The van der Waals surface area contributed by atoms with E-state index < -0.39 is 0 Å².